The van der Waals surface area contributed by atoms with E-state index in [-0.39, 0.29) is 29.8 Å². The summed E-state index contributed by atoms with van der Waals surface area (Å²) in [5, 5.41) is 6.54. The number of rotatable bonds is 9. The van der Waals surface area contributed by atoms with E-state index in [1.165, 1.54) is 17.2 Å². The maximum Gasteiger partial charge on any atom is 0.191 e. The van der Waals surface area contributed by atoms with Gasteiger partial charge in [0.05, 0.1) is 6.61 Å². The van der Waals surface area contributed by atoms with Crippen LogP contribution in [0.1, 0.15) is 30.0 Å². The normalized spacial score (nSPS) is 11.0. The van der Waals surface area contributed by atoms with Crippen molar-refractivity contribution in [2.24, 2.45) is 4.99 Å². The summed E-state index contributed by atoms with van der Waals surface area (Å²) in [5.41, 5.74) is 3.06. The van der Waals surface area contributed by atoms with Gasteiger partial charge in [0.15, 0.2) is 5.96 Å². The molecule has 2 N–H and O–H groups in total. The average molecular weight is 485 g/mol. The Morgan fingerprint density at radius 2 is 1.67 bits per heavy atom. The lowest BCUT2D eigenvalue weighted by molar-refractivity contribution is 0.121. The molecule has 0 unspecified atom stereocenters. The SMILES string of the molecule is CCCOCc1ccccc1CNC(=NC)NCCc1ccccc1F.I. The second-order valence-electron chi connectivity index (χ2n) is 6.02. The molecule has 0 saturated heterocycles. The van der Waals surface area contributed by atoms with Crippen molar-refractivity contribution in [1.29, 1.82) is 0 Å². The van der Waals surface area contributed by atoms with Gasteiger partial charge in [-0.1, -0.05) is 49.4 Å². The lowest BCUT2D eigenvalue weighted by Gasteiger charge is -2.14. The average Bonchev–Trinajstić information content (AvgIpc) is 2.67. The number of nitrogens with one attached hydrogen (secondary N) is 2. The van der Waals surface area contributed by atoms with Crippen molar-refractivity contribution in [3.05, 3.63) is 71.0 Å². The monoisotopic (exact) mass is 485 g/mol. The van der Waals surface area contributed by atoms with Crippen LogP contribution in [0.3, 0.4) is 0 Å². The van der Waals surface area contributed by atoms with E-state index in [9.17, 15) is 4.39 Å². The van der Waals surface area contributed by atoms with Gasteiger partial charge in [0.1, 0.15) is 5.82 Å². The number of benzene rings is 2. The van der Waals surface area contributed by atoms with Crippen LogP contribution in [0.4, 0.5) is 4.39 Å². The zero-order chi connectivity index (χ0) is 18.6. The predicted molar refractivity (Wildman–Crippen MR) is 120 cm³/mol. The molecule has 0 amide bonds. The van der Waals surface area contributed by atoms with Crippen LogP contribution in [-0.2, 0) is 24.3 Å². The maximum absolute atomic E-state index is 13.7. The molecule has 27 heavy (non-hydrogen) atoms. The van der Waals surface area contributed by atoms with Crippen LogP contribution in [0.25, 0.3) is 0 Å². The third-order valence-corrected chi connectivity index (χ3v) is 4.04. The topological polar surface area (TPSA) is 45.6 Å². The van der Waals surface area contributed by atoms with Gasteiger partial charge in [-0.2, -0.15) is 0 Å². The molecular weight excluding hydrogens is 456 g/mol. The van der Waals surface area contributed by atoms with Crippen LogP contribution in [0, 0.1) is 5.82 Å². The summed E-state index contributed by atoms with van der Waals surface area (Å²) in [6.07, 6.45) is 1.62. The maximum atomic E-state index is 13.7. The molecule has 0 bridgehead atoms. The zero-order valence-electron chi connectivity index (χ0n) is 16.0. The van der Waals surface area contributed by atoms with Crippen LogP contribution in [0.15, 0.2) is 53.5 Å². The minimum absolute atomic E-state index is 0. The second-order valence-corrected chi connectivity index (χ2v) is 6.02. The third kappa shape index (κ3) is 8.26. The summed E-state index contributed by atoms with van der Waals surface area (Å²) < 4.78 is 19.3. The number of aliphatic imine (C=N–C) groups is 1. The first-order valence-electron chi connectivity index (χ1n) is 9.07. The highest BCUT2D eigenvalue weighted by molar-refractivity contribution is 14.0. The molecule has 0 atom stereocenters. The Kier molecular flexibility index (Phi) is 11.7. The van der Waals surface area contributed by atoms with Crippen LogP contribution < -0.4 is 10.6 Å². The third-order valence-electron chi connectivity index (χ3n) is 4.04. The molecule has 0 aromatic heterocycles. The van der Waals surface area contributed by atoms with E-state index in [4.69, 9.17) is 4.74 Å². The Hall–Kier alpha value is -1.67. The van der Waals surface area contributed by atoms with E-state index in [1.54, 1.807) is 19.2 Å². The molecule has 0 saturated carbocycles. The van der Waals surface area contributed by atoms with Crippen molar-refractivity contribution in [2.45, 2.75) is 32.9 Å². The summed E-state index contributed by atoms with van der Waals surface area (Å²) in [4.78, 5) is 4.23. The number of hydrogen-bond acceptors (Lipinski definition) is 2. The van der Waals surface area contributed by atoms with Gasteiger partial charge in [-0.05, 0) is 35.6 Å². The molecule has 2 aromatic rings. The van der Waals surface area contributed by atoms with Gasteiger partial charge in [-0.3, -0.25) is 4.99 Å². The van der Waals surface area contributed by atoms with Crippen LogP contribution in [-0.4, -0.2) is 26.2 Å². The van der Waals surface area contributed by atoms with E-state index in [1.807, 2.05) is 18.2 Å². The highest BCUT2D eigenvalue weighted by Gasteiger charge is 2.05. The van der Waals surface area contributed by atoms with Gasteiger partial charge >= 0.3 is 0 Å². The van der Waals surface area contributed by atoms with Crippen LogP contribution >= 0.6 is 24.0 Å². The number of guanidine groups is 1. The molecule has 0 spiro atoms. The van der Waals surface area contributed by atoms with E-state index in [0.29, 0.717) is 37.6 Å². The second kappa shape index (κ2) is 13.5. The summed E-state index contributed by atoms with van der Waals surface area (Å²) in [5.74, 6) is 0.531. The van der Waals surface area contributed by atoms with E-state index >= 15 is 0 Å². The smallest absolute Gasteiger partial charge is 0.191 e. The lowest BCUT2D eigenvalue weighted by Crippen LogP contribution is -2.38. The van der Waals surface area contributed by atoms with Crippen LogP contribution in [0.5, 0.6) is 0 Å². The first-order chi connectivity index (χ1) is 12.7. The zero-order valence-corrected chi connectivity index (χ0v) is 18.3. The van der Waals surface area contributed by atoms with Gasteiger partial charge in [-0.25, -0.2) is 4.39 Å². The molecule has 0 aliphatic heterocycles. The molecule has 0 fully saturated rings. The molecule has 4 nitrogen and oxygen atoms in total. The Balaban J connectivity index is 0.00000364. The predicted octanol–water partition coefficient (Wildman–Crippen LogP) is 4.28. The van der Waals surface area contributed by atoms with E-state index < -0.39 is 0 Å². The number of ether oxygens (including phenoxy) is 1. The fraction of sp³-hybridized carbons (Fsp3) is 0.381. The van der Waals surface area contributed by atoms with Gasteiger partial charge in [-0.15, -0.1) is 24.0 Å². The summed E-state index contributed by atoms with van der Waals surface area (Å²) in [6, 6.07) is 15.1. The van der Waals surface area contributed by atoms with Crippen molar-refractivity contribution >= 4 is 29.9 Å². The molecule has 2 aromatic carbocycles. The van der Waals surface area contributed by atoms with Crippen molar-refractivity contribution in [2.75, 3.05) is 20.2 Å². The molecule has 0 aliphatic rings. The van der Waals surface area contributed by atoms with Gasteiger partial charge in [0, 0.05) is 26.7 Å². The minimum atomic E-state index is -0.168. The molecular formula is C21H29FIN3O. The van der Waals surface area contributed by atoms with Gasteiger partial charge in [0.2, 0.25) is 0 Å². The van der Waals surface area contributed by atoms with Gasteiger partial charge in [0.25, 0.3) is 0 Å². The fourth-order valence-electron chi connectivity index (χ4n) is 2.61. The first kappa shape index (κ1) is 23.4. The Labute approximate surface area is 178 Å². The molecule has 0 aliphatic carbocycles. The number of hydrogen-bond donors (Lipinski definition) is 2. The minimum Gasteiger partial charge on any atom is -0.377 e. The summed E-state index contributed by atoms with van der Waals surface area (Å²) >= 11 is 0. The van der Waals surface area contributed by atoms with Gasteiger partial charge < -0.3 is 15.4 Å². The molecule has 148 valence electrons. The van der Waals surface area contributed by atoms with Crippen molar-refractivity contribution in [3.8, 4) is 0 Å². The molecule has 0 heterocycles. The standard InChI is InChI=1S/C21H28FN3O.HI/c1-3-14-26-16-19-10-5-4-9-18(19)15-25-21(23-2)24-13-12-17-8-6-7-11-20(17)22;/h4-11H,3,12-16H2,1-2H3,(H2,23,24,25);1H. The first-order valence-corrected chi connectivity index (χ1v) is 9.07. The Bertz CT molecular complexity index is 709. The molecule has 2 rings (SSSR count). The Morgan fingerprint density at radius 3 is 2.33 bits per heavy atom. The highest BCUT2D eigenvalue weighted by Crippen LogP contribution is 2.10. The van der Waals surface area contributed by atoms with Crippen LogP contribution in [0.2, 0.25) is 0 Å². The van der Waals surface area contributed by atoms with Crippen molar-refractivity contribution in [1.82, 2.24) is 10.6 Å². The quantitative estimate of drug-likeness (QED) is 0.241. The van der Waals surface area contributed by atoms with E-state index in [2.05, 4.69) is 34.7 Å². The highest BCUT2D eigenvalue weighted by atomic mass is 127. The summed E-state index contributed by atoms with van der Waals surface area (Å²) in [6.45, 7) is 4.75. The number of nitrogens with zero attached hydrogens (tertiary/aromatic N) is 1. The number of halogens is 2. The largest absolute Gasteiger partial charge is 0.377 e. The molecule has 0 radical (unpaired) electrons. The fourth-order valence-corrected chi connectivity index (χ4v) is 2.61. The lowest BCUT2D eigenvalue weighted by atomic mass is 10.1. The van der Waals surface area contributed by atoms with E-state index in [0.717, 1.165) is 13.0 Å². The molecule has 6 heteroatoms. The summed E-state index contributed by atoms with van der Waals surface area (Å²) in [7, 11) is 1.73. The van der Waals surface area contributed by atoms with Crippen molar-refractivity contribution < 1.29 is 9.13 Å². The van der Waals surface area contributed by atoms with Crippen molar-refractivity contribution in [3.63, 3.8) is 0 Å². The Morgan fingerprint density at radius 1 is 1.00 bits per heavy atom.